The number of hydrogen-bond donors (Lipinski definition) is 2. The molecule has 12 heteroatoms. The van der Waals surface area contributed by atoms with E-state index >= 15 is 0 Å². The number of aromatic nitrogens is 2. The molecule has 0 radical (unpaired) electrons. The van der Waals surface area contributed by atoms with Crippen LogP contribution in [0.5, 0.6) is 0 Å². The third-order valence-corrected chi connectivity index (χ3v) is 11.7. The van der Waals surface area contributed by atoms with Crippen LogP contribution < -0.4 is 20.4 Å². The lowest BCUT2D eigenvalue weighted by molar-refractivity contribution is -0.122. The first-order valence-corrected chi connectivity index (χ1v) is 19.6. The second-order valence-corrected chi connectivity index (χ2v) is 15.0. The van der Waals surface area contributed by atoms with Crippen LogP contribution in [0, 0.1) is 0 Å². The fourth-order valence-corrected chi connectivity index (χ4v) is 8.42. The molecule has 4 heterocycles. The summed E-state index contributed by atoms with van der Waals surface area (Å²) in [7, 11) is 3.60. The first-order chi connectivity index (χ1) is 27.0. The molecule has 4 aromatic rings. The van der Waals surface area contributed by atoms with E-state index in [2.05, 4.69) is 32.7 Å². The summed E-state index contributed by atoms with van der Waals surface area (Å²) in [4.78, 5) is 59.7. The van der Waals surface area contributed by atoms with Gasteiger partial charge in [-0.3, -0.25) is 29.1 Å². The Morgan fingerprint density at radius 3 is 1.45 bits per heavy atom. The zero-order valence-electron chi connectivity index (χ0n) is 32.3. The summed E-state index contributed by atoms with van der Waals surface area (Å²) in [5, 5.41) is 5.63. The van der Waals surface area contributed by atoms with Gasteiger partial charge in [0.1, 0.15) is 12.3 Å². The van der Waals surface area contributed by atoms with Crippen molar-refractivity contribution < 1.29 is 28.0 Å². The van der Waals surface area contributed by atoms with Gasteiger partial charge in [0.15, 0.2) is 0 Å². The Morgan fingerprint density at radius 2 is 1.05 bits per heavy atom. The number of fused-ring (bicyclic) bond motifs is 4. The van der Waals surface area contributed by atoms with Gasteiger partial charge in [-0.2, -0.15) is 0 Å². The van der Waals surface area contributed by atoms with Gasteiger partial charge in [0.25, 0.3) is 0 Å². The zero-order valence-corrected chi connectivity index (χ0v) is 32.3. The minimum Gasteiger partial charge on any atom is -0.346 e. The number of carbonyl (C=O) groups is 4. The first-order valence-electron chi connectivity index (χ1n) is 19.6. The predicted octanol–water partition coefficient (Wildman–Crippen LogP) is 7.02. The maximum Gasteiger partial charge on any atom is 0.227 e. The Kier molecular flexibility index (Phi) is 11.3. The molecule has 0 saturated heterocycles. The van der Waals surface area contributed by atoms with Crippen molar-refractivity contribution in [2.24, 2.45) is 0 Å². The lowest BCUT2D eigenvalue weighted by atomic mass is 9.83. The molecule has 0 spiro atoms. The highest BCUT2D eigenvalue weighted by Gasteiger charge is 2.34. The molecule has 4 amide bonds. The van der Waals surface area contributed by atoms with E-state index in [4.69, 9.17) is 0 Å². The summed E-state index contributed by atoms with van der Waals surface area (Å²) in [6.45, 7) is 3.52. The molecule has 0 fully saturated rings. The van der Waals surface area contributed by atoms with Crippen molar-refractivity contribution in [3.8, 4) is 22.3 Å². The molecule has 2 aromatic heterocycles. The van der Waals surface area contributed by atoms with E-state index < -0.39 is 24.4 Å². The normalized spacial score (nSPS) is 21.1. The Labute approximate surface area is 326 Å². The molecule has 2 aliphatic carbocycles. The Hall–Kier alpha value is -5.52. The monoisotopic (exact) mass is 762 g/mol. The zero-order chi connectivity index (χ0) is 39.7. The second-order valence-electron chi connectivity index (χ2n) is 15.0. The predicted molar refractivity (Wildman–Crippen MR) is 212 cm³/mol. The van der Waals surface area contributed by atoms with E-state index in [9.17, 15) is 28.0 Å². The molecule has 0 saturated carbocycles. The smallest absolute Gasteiger partial charge is 0.227 e. The third kappa shape index (κ3) is 7.53. The fourth-order valence-electron chi connectivity index (χ4n) is 8.42. The molecule has 10 nitrogen and oxygen atoms in total. The first kappa shape index (κ1) is 38.7. The van der Waals surface area contributed by atoms with Crippen LogP contribution in [-0.4, -0.2) is 60.0 Å². The van der Waals surface area contributed by atoms with Crippen LogP contribution in [0.15, 0.2) is 61.2 Å². The standard InChI is InChI=1S/2C22H24FN3O2/c2*1-3-20(27)25-22-17-12-24-11-16(15(17)6-7-18(22)23)13-4-8-19-14(10-13)5-9-21(28)26(19)2/h2*4,8,10-12,18,22H,3,5-7,9H2,1-2H3,(H,25,27)/t2*18-,22+/m10/s1. The van der Waals surface area contributed by atoms with Crippen LogP contribution in [0.4, 0.5) is 20.2 Å². The summed E-state index contributed by atoms with van der Waals surface area (Å²) in [5.41, 5.74) is 11.8. The highest BCUT2D eigenvalue weighted by molar-refractivity contribution is 5.97. The minimum absolute atomic E-state index is 0.127. The van der Waals surface area contributed by atoms with Crippen LogP contribution in [-0.2, 0) is 44.9 Å². The summed E-state index contributed by atoms with van der Waals surface area (Å²) >= 11 is 0. The van der Waals surface area contributed by atoms with Crippen molar-refractivity contribution >= 4 is 35.0 Å². The van der Waals surface area contributed by atoms with Crippen LogP contribution in [0.25, 0.3) is 22.3 Å². The minimum atomic E-state index is -1.11. The van der Waals surface area contributed by atoms with Gasteiger partial charge in [-0.1, -0.05) is 26.0 Å². The van der Waals surface area contributed by atoms with Gasteiger partial charge >= 0.3 is 0 Å². The molecule has 4 atom stereocenters. The highest BCUT2D eigenvalue weighted by atomic mass is 19.1. The molecule has 0 bridgehead atoms. The average molecular weight is 763 g/mol. The lowest BCUT2D eigenvalue weighted by Gasteiger charge is -2.31. The van der Waals surface area contributed by atoms with Gasteiger partial charge < -0.3 is 20.4 Å². The fraction of sp³-hybridized carbons (Fsp3) is 0.409. The number of halogens is 2. The Bertz CT molecular complexity index is 2040. The van der Waals surface area contributed by atoms with Crippen molar-refractivity contribution in [3.63, 3.8) is 0 Å². The largest absolute Gasteiger partial charge is 0.346 e. The Morgan fingerprint density at radius 1 is 0.643 bits per heavy atom. The van der Waals surface area contributed by atoms with Crippen molar-refractivity contribution in [3.05, 3.63) is 94.6 Å². The van der Waals surface area contributed by atoms with E-state index in [1.807, 2.05) is 36.7 Å². The number of carbonyl (C=O) groups excluding carboxylic acids is 4. The van der Waals surface area contributed by atoms with Crippen LogP contribution in [0.3, 0.4) is 0 Å². The number of aryl methyl sites for hydroxylation is 2. The molecule has 2 N–H and O–H groups in total. The SMILES string of the molecule is CCC(=O)N[C@@H]1c2cncc(-c3ccc4c(c3)CCC(=O)N4C)c2CC[C@@H]1F.CCC(=O)N[C@H]1c2cncc(-c3ccc4c(c3)CCC(=O)N4C)c2CC[C@H]1F. The number of amides is 4. The second kappa shape index (κ2) is 16.3. The van der Waals surface area contributed by atoms with E-state index in [0.29, 0.717) is 51.4 Å². The van der Waals surface area contributed by atoms with Crippen molar-refractivity contribution in [1.29, 1.82) is 0 Å². The molecular formula is C44H48F2N6O4. The van der Waals surface area contributed by atoms with E-state index in [1.54, 1.807) is 50.1 Å². The quantitative estimate of drug-likeness (QED) is 0.218. The van der Waals surface area contributed by atoms with Gasteiger partial charge in [-0.05, 0) is 107 Å². The summed E-state index contributed by atoms with van der Waals surface area (Å²) < 4.78 is 29.2. The van der Waals surface area contributed by atoms with E-state index in [-0.39, 0.29) is 23.6 Å². The number of benzene rings is 2. The molecule has 4 aliphatic rings. The van der Waals surface area contributed by atoms with Crippen LogP contribution in [0.1, 0.15) is 97.8 Å². The van der Waals surface area contributed by atoms with Crippen molar-refractivity contribution in [1.82, 2.24) is 20.6 Å². The van der Waals surface area contributed by atoms with Gasteiger partial charge in [-0.25, -0.2) is 8.78 Å². The number of hydrogen-bond acceptors (Lipinski definition) is 6. The van der Waals surface area contributed by atoms with E-state index in [0.717, 1.165) is 79.9 Å². The van der Waals surface area contributed by atoms with Crippen LogP contribution in [0.2, 0.25) is 0 Å². The molecule has 292 valence electrons. The van der Waals surface area contributed by atoms with Gasteiger partial charge in [0, 0.05) is 87.1 Å². The number of rotatable bonds is 6. The summed E-state index contributed by atoms with van der Waals surface area (Å²) in [6, 6.07) is 10.8. The third-order valence-electron chi connectivity index (χ3n) is 11.7. The molecule has 8 rings (SSSR count). The number of pyridine rings is 2. The summed E-state index contributed by atoms with van der Waals surface area (Å²) in [5.74, 6) is -0.0650. The lowest BCUT2D eigenvalue weighted by Crippen LogP contribution is -2.37. The van der Waals surface area contributed by atoms with Gasteiger partial charge in [-0.15, -0.1) is 0 Å². The van der Waals surface area contributed by atoms with Gasteiger partial charge in [0.2, 0.25) is 23.6 Å². The molecular weight excluding hydrogens is 715 g/mol. The number of alkyl halides is 2. The van der Waals surface area contributed by atoms with Crippen molar-refractivity contribution in [2.75, 3.05) is 23.9 Å². The maximum atomic E-state index is 14.6. The van der Waals surface area contributed by atoms with Crippen molar-refractivity contribution in [2.45, 2.75) is 102 Å². The maximum absolute atomic E-state index is 14.6. The number of nitrogens with one attached hydrogen (secondary N) is 2. The van der Waals surface area contributed by atoms with Crippen LogP contribution >= 0.6 is 0 Å². The molecule has 56 heavy (non-hydrogen) atoms. The molecule has 2 aliphatic heterocycles. The topological polar surface area (TPSA) is 125 Å². The average Bonchev–Trinajstić information content (AvgIpc) is 3.22. The van der Waals surface area contributed by atoms with E-state index in [1.165, 1.54) is 0 Å². The summed E-state index contributed by atoms with van der Waals surface area (Å²) in [6.07, 6.45) is 9.84. The molecule has 0 unspecified atom stereocenters. The number of anilines is 2. The Balaban J connectivity index is 0.000000172. The van der Waals surface area contributed by atoms with Gasteiger partial charge in [0.05, 0.1) is 12.1 Å². The molecule has 2 aromatic carbocycles. The number of nitrogens with zero attached hydrogens (tertiary/aromatic N) is 4. The highest BCUT2D eigenvalue weighted by Crippen LogP contribution is 2.41.